The minimum atomic E-state index is -0.515. The normalized spacial score (nSPS) is 10.5. The van der Waals surface area contributed by atoms with Crippen molar-refractivity contribution in [1.29, 1.82) is 0 Å². The van der Waals surface area contributed by atoms with Crippen LogP contribution in [0.5, 0.6) is 0 Å². The van der Waals surface area contributed by atoms with Crippen LogP contribution < -0.4 is 0 Å². The highest BCUT2D eigenvalue weighted by Crippen LogP contribution is 2.31. The number of aromatic amines is 1. The summed E-state index contributed by atoms with van der Waals surface area (Å²) in [6.07, 6.45) is 3.36. The van der Waals surface area contributed by atoms with Crippen molar-refractivity contribution in [3.05, 3.63) is 66.1 Å². The molecule has 0 radical (unpaired) electrons. The van der Waals surface area contributed by atoms with E-state index in [-0.39, 0.29) is 18.9 Å². The summed E-state index contributed by atoms with van der Waals surface area (Å²) in [5, 5.41) is 0. The van der Waals surface area contributed by atoms with Crippen molar-refractivity contribution in [2.75, 3.05) is 13.2 Å². The number of hydrogen-bond donors (Lipinski definition) is 1. The van der Waals surface area contributed by atoms with Crippen molar-refractivity contribution in [1.82, 2.24) is 9.55 Å². The van der Waals surface area contributed by atoms with E-state index >= 15 is 0 Å². The summed E-state index contributed by atoms with van der Waals surface area (Å²) in [5.74, 6) is -1.01. The van der Waals surface area contributed by atoms with Crippen LogP contribution in [0.2, 0.25) is 0 Å². The monoisotopic (exact) mass is 352 g/mol. The molecule has 0 atom stereocenters. The molecule has 0 unspecified atom stereocenters. The first-order chi connectivity index (χ1) is 12.7. The molecule has 3 rings (SSSR count). The summed E-state index contributed by atoms with van der Waals surface area (Å²) in [7, 11) is 0. The Bertz CT molecular complexity index is 874. The Hall–Kier alpha value is -3.28. The third kappa shape index (κ3) is 3.26. The summed E-state index contributed by atoms with van der Waals surface area (Å²) in [5.41, 5.74) is 2.61. The van der Waals surface area contributed by atoms with Gasteiger partial charge >= 0.3 is 11.9 Å². The summed E-state index contributed by atoms with van der Waals surface area (Å²) in [6, 6.07) is 13.4. The van der Waals surface area contributed by atoms with Crippen LogP contribution in [0.25, 0.3) is 16.9 Å². The molecule has 0 aliphatic rings. The van der Waals surface area contributed by atoms with Gasteiger partial charge in [0.25, 0.3) is 0 Å². The largest absolute Gasteiger partial charge is 0.462 e. The van der Waals surface area contributed by atoms with Gasteiger partial charge in [-0.25, -0.2) is 9.59 Å². The Labute approximate surface area is 151 Å². The Kier molecular flexibility index (Phi) is 5.22. The number of ether oxygens (including phenoxy) is 2. The SMILES string of the molecule is CCOC(=O)c1c[nH]c(C(=O)OCC)c1-c1cccn1-c1ccccc1. The molecular formula is C20H20N2O4. The molecule has 0 saturated carbocycles. The lowest BCUT2D eigenvalue weighted by Crippen LogP contribution is -2.10. The van der Waals surface area contributed by atoms with Gasteiger partial charge in [-0.05, 0) is 38.1 Å². The number of nitrogens with one attached hydrogen (secondary N) is 1. The van der Waals surface area contributed by atoms with Crippen LogP contribution in [0.1, 0.15) is 34.7 Å². The van der Waals surface area contributed by atoms with Crippen LogP contribution in [0.4, 0.5) is 0 Å². The fourth-order valence-electron chi connectivity index (χ4n) is 2.82. The summed E-state index contributed by atoms with van der Waals surface area (Å²) in [4.78, 5) is 27.7. The van der Waals surface area contributed by atoms with Crippen molar-refractivity contribution in [2.24, 2.45) is 0 Å². The fourth-order valence-corrected chi connectivity index (χ4v) is 2.82. The molecule has 6 heteroatoms. The molecule has 0 saturated heterocycles. The van der Waals surface area contributed by atoms with Gasteiger partial charge in [0.2, 0.25) is 0 Å². The molecule has 0 aliphatic carbocycles. The van der Waals surface area contributed by atoms with Gasteiger partial charge < -0.3 is 19.0 Å². The maximum atomic E-state index is 12.4. The van der Waals surface area contributed by atoms with Gasteiger partial charge in [-0.3, -0.25) is 0 Å². The van der Waals surface area contributed by atoms with E-state index in [1.54, 1.807) is 13.8 Å². The molecule has 1 N–H and O–H groups in total. The van der Waals surface area contributed by atoms with E-state index < -0.39 is 11.9 Å². The Morgan fingerprint density at radius 2 is 1.65 bits per heavy atom. The van der Waals surface area contributed by atoms with E-state index in [4.69, 9.17) is 9.47 Å². The molecule has 0 amide bonds. The van der Waals surface area contributed by atoms with E-state index in [0.717, 1.165) is 5.69 Å². The lowest BCUT2D eigenvalue weighted by molar-refractivity contribution is 0.0519. The number of para-hydroxylation sites is 1. The highest BCUT2D eigenvalue weighted by Gasteiger charge is 2.26. The van der Waals surface area contributed by atoms with Crippen LogP contribution in [0, 0.1) is 0 Å². The highest BCUT2D eigenvalue weighted by molar-refractivity contribution is 6.05. The maximum absolute atomic E-state index is 12.4. The zero-order valence-corrected chi connectivity index (χ0v) is 14.7. The van der Waals surface area contributed by atoms with Crippen LogP contribution in [-0.4, -0.2) is 34.7 Å². The van der Waals surface area contributed by atoms with E-state index in [1.165, 1.54) is 6.20 Å². The van der Waals surface area contributed by atoms with Crippen molar-refractivity contribution >= 4 is 11.9 Å². The number of aromatic nitrogens is 2. The van der Waals surface area contributed by atoms with Gasteiger partial charge in [-0.1, -0.05) is 18.2 Å². The molecule has 3 aromatic rings. The standard InChI is InChI=1S/C20H20N2O4/c1-3-25-19(23)15-13-21-18(20(24)26-4-2)17(15)16-11-8-12-22(16)14-9-6-5-7-10-14/h5-13,21H,3-4H2,1-2H3. The second-order valence-corrected chi connectivity index (χ2v) is 5.49. The first kappa shape index (κ1) is 17.5. The molecule has 134 valence electrons. The van der Waals surface area contributed by atoms with Crippen molar-refractivity contribution in [3.63, 3.8) is 0 Å². The van der Waals surface area contributed by atoms with Gasteiger partial charge in [0.05, 0.1) is 24.5 Å². The van der Waals surface area contributed by atoms with Crippen molar-refractivity contribution < 1.29 is 19.1 Å². The minimum absolute atomic E-state index is 0.228. The molecule has 26 heavy (non-hydrogen) atoms. The van der Waals surface area contributed by atoms with Crippen molar-refractivity contribution in [2.45, 2.75) is 13.8 Å². The summed E-state index contributed by atoms with van der Waals surface area (Å²) in [6.45, 7) is 3.96. The average Bonchev–Trinajstić information content (AvgIpc) is 3.29. The second-order valence-electron chi connectivity index (χ2n) is 5.49. The first-order valence-electron chi connectivity index (χ1n) is 8.46. The van der Waals surface area contributed by atoms with E-state index in [9.17, 15) is 9.59 Å². The van der Waals surface area contributed by atoms with Crippen LogP contribution in [0.3, 0.4) is 0 Å². The van der Waals surface area contributed by atoms with Crippen molar-refractivity contribution in [3.8, 4) is 16.9 Å². The predicted octanol–water partition coefficient (Wildman–Crippen LogP) is 3.83. The molecule has 0 aliphatic heterocycles. The lowest BCUT2D eigenvalue weighted by atomic mass is 10.1. The minimum Gasteiger partial charge on any atom is -0.462 e. The number of esters is 2. The first-order valence-corrected chi connectivity index (χ1v) is 8.46. The lowest BCUT2D eigenvalue weighted by Gasteiger charge is -2.12. The zero-order valence-electron chi connectivity index (χ0n) is 14.7. The molecule has 6 nitrogen and oxygen atoms in total. The quantitative estimate of drug-likeness (QED) is 0.684. The molecule has 2 aromatic heterocycles. The van der Waals surface area contributed by atoms with E-state index in [1.807, 2.05) is 53.2 Å². The van der Waals surface area contributed by atoms with Crippen LogP contribution >= 0.6 is 0 Å². The van der Waals surface area contributed by atoms with Gasteiger partial charge in [-0.15, -0.1) is 0 Å². The maximum Gasteiger partial charge on any atom is 0.355 e. The Balaban J connectivity index is 2.17. The second kappa shape index (κ2) is 7.74. The number of carbonyl (C=O) groups is 2. The number of carbonyl (C=O) groups excluding carboxylic acids is 2. The van der Waals surface area contributed by atoms with E-state index in [0.29, 0.717) is 16.8 Å². The van der Waals surface area contributed by atoms with Gasteiger partial charge in [0.1, 0.15) is 5.69 Å². The molecule has 1 aromatic carbocycles. The molecule has 0 bridgehead atoms. The third-order valence-electron chi connectivity index (χ3n) is 3.89. The Morgan fingerprint density at radius 3 is 2.35 bits per heavy atom. The predicted molar refractivity (Wildman–Crippen MR) is 97.5 cm³/mol. The number of nitrogens with zero attached hydrogens (tertiary/aromatic N) is 1. The zero-order chi connectivity index (χ0) is 18.5. The molecule has 0 fully saturated rings. The van der Waals surface area contributed by atoms with Gasteiger partial charge in [-0.2, -0.15) is 0 Å². The topological polar surface area (TPSA) is 73.3 Å². The van der Waals surface area contributed by atoms with Gasteiger partial charge in [0.15, 0.2) is 0 Å². The molecule has 0 spiro atoms. The highest BCUT2D eigenvalue weighted by atomic mass is 16.5. The Morgan fingerprint density at radius 1 is 0.962 bits per heavy atom. The fraction of sp³-hybridized carbons (Fsp3) is 0.200. The number of rotatable bonds is 6. The number of H-pyrrole nitrogens is 1. The third-order valence-corrected chi connectivity index (χ3v) is 3.89. The number of benzene rings is 1. The van der Waals surface area contributed by atoms with Crippen LogP contribution in [-0.2, 0) is 9.47 Å². The molecule has 2 heterocycles. The smallest absolute Gasteiger partial charge is 0.355 e. The summed E-state index contributed by atoms with van der Waals surface area (Å²) >= 11 is 0. The average molecular weight is 352 g/mol. The number of hydrogen-bond acceptors (Lipinski definition) is 4. The molecular weight excluding hydrogens is 332 g/mol. The van der Waals surface area contributed by atoms with Gasteiger partial charge in [0, 0.05) is 23.6 Å². The summed E-state index contributed by atoms with van der Waals surface area (Å²) < 4.78 is 12.2. The van der Waals surface area contributed by atoms with E-state index in [2.05, 4.69) is 4.98 Å². The van der Waals surface area contributed by atoms with Crippen LogP contribution in [0.15, 0.2) is 54.9 Å².